The van der Waals surface area contributed by atoms with Gasteiger partial charge in [0.15, 0.2) is 17.7 Å². The molecule has 2 aromatic rings. The van der Waals surface area contributed by atoms with Crippen LogP contribution in [0.15, 0.2) is 12.4 Å². The third kappa shape index (κ3) is 1.93. The molecule has 17 heavy (non-hydrogen) atoms. The van der Waals surface area contributed by atoms with Crippen LogP contribution in [-0.4, -0.2) is 21.4 Å². The minimum atomic E-state index is -0.304. The maximum absolute atomic E-state index is 13.4. The number of aromatic nitrogens is 3. The molecule has 6 heteroatoms. The number of nitrogens with zero attached hydrogens (tertiary/aromatic N) is 3. The highest BCUT2D eigenvalue weighted by atomic mass is 127. The minimum absolute atomic E-state index is 0.0602. The largest absolute Gasteiger partial charge is 0.356 e. The molecule has 0 saturated carbocycles. The Bertz CT molecular complexity index is 551. The van der Waals surface area contributed by atoms with Crippen LogP contribution in [0.3, 0.4) is 0 Å². The van der Waals surface area contributed by atoms with Crippen molar-refractivity contribution in [2.45, 2.75) is 25.5 Å². The molecule has 1 aliphatic heterocycles. The zero-order valence-electron chi connectivity index (χ0n) is 9.07. The lowest BCUT2D eigenvalue weighted by Gasteiger charge is -2.22. The molecule has 0 radical (unpaired) electrons. The standard InChI is InChI=1S/C11H11FIN3O/c12-8-6-14-11-7(10(8)13)5-15-16(11)9-3-1-2-4-17-9/h5-6,9H,1-4H2. The quantitative estimate of drug-likeness (QED) is 0.745. The molecule has 90 valence electrons. The van der Waals surface area contributed by atoms with E-state index >= 15 is 0 Å². The molecule has 3 heterocycles. The molecule has 1 fully saturated rings. The summed E-state index contributed by atoms with van der Waals surface area (Å²) in [6.45, 7) is 0.754. The predicted octanol–water partition coefficient (Wildman–Crippen LogP) is 2.87. The Hall–Kier alpha value is -0.760. The van der Waals surface area contributed by atoms with Crippen LogP contribution in [0.2, 0.25) is 0 Å². The van der Waals surface area contributed by atoms with Gasteiger partial charge in [0.25, 0.3) is 0 Å². The monoisotopic (exact) mass is 347 g/mol. The Kier molecular flexibility index (Phi) is 2.99. The van der Waals surface area contributed by atoms with Crippen molar-refractivity contribution in [2.24, 2.45) is 0 Å². The molecule has 0 bridgehead atoms. The summed E-state index contributed by atoms with van der Waals surface area (Å²) in [7, 11) is 0. The zero-order chi connectivity index (χ0) is 11.8. The molecule has 1 saturated heterocycles. The van der Waals surface area contributed by atoms with Crippen LogP contribution in [0.1, 0.15) is 25.5 Å². The average Bonchev–Trinajstić information content (AvgIpc) is 2.79. The summed E-state index contributed by atoms with van der Waals surface area (Å²) in [5.74, 6) is -0.304. The molecular formula is C11H11FIN3O. The molecule has 0 amide bonds. The van der Waals surface area contributed by atoms with Crippen LogP contribution < -0.4 is 0 Å². The molecule has 4 nitrogen and oxygen atoms in total. The lowest BCUT2D eigenvalue weighted by molar-refractivity contribution is -0.0370. The molecule has 2 aromatic heterocycles. The van der Waals surface area contributed by atoms with Crippen LogP contribution in [0.25, 0.3) is 11.0 Å². The Balaban J connectivity index is 2.08. The van der Waals surface area contributed by atoms with Crippen molar-refractivity contribution in [3.05, 3.63) is 21.8 Å². The fourth-order valence-corrected chi connectivity index (χ4v) is 2.59. The van der Waals surface area contributed by atoms with Gasteiger partial charge in [-0.15, -0.1) is 0 Å². The highest BCUT2D eigenvalue weighted by Gasteiger charge is 2.20. The van der Waals surface area contributed by atoms with E-state index in [4.69, 9.17) is 4.74 Å². The zero-order valence-corrected chi connectivity index (χ0v) is 11.2. The van der Waals surface area contributed by atoms with Crippen molar-refractivity contribution >= 4 is 33.6 Å². The van der Waals surface area contributed by atoms with Gasteiger partial charge >= 0.3 is 0 Å². The van der Waals surface area contributed by atoms with Gasteiger partial charge in [0, 0.05) is 6.61 Å². The van der Waals surface area contributed by atoms with Crippen molar-refractivity contribution in [2.75, 3.05) is 6.61 Å². The van der Waals surface area contributed by atoms with E-state index in [0.29, 0.717) is 9.22 Å². The van der Waals surface area contributed by atoms with Crippen LogP contribution in [0.5, 0.6) is 0 Å². The van der Waals surface area contributed by atoms with Crippen molar-refractivity contribution in [1.29, 1.82) is 0 Å². The Morgan fingerprint density at radius 2 is 2.29 bits per heavy atom. The topological polar surface area (TPSA) is 39.9 Å². The van der Waals surface area contributed by atoms with E-state index in [1.165, 1.54) is 6.20 Å². The molecule has 1 atom stereocenters. The third-order valence-corrected chi connectivity index (χ3v) is 4.04. The van der Waals surface area contributed by atoms with E-state index in [9.17, 15) is 4.39 Å². The van der Waals surface area contributed by atoms with Gasteiger partial charge in [0.2, 0.25) is 0 Å². The fraction of sp³-hybridized carbons (Fsp3) is 0.455. The molecule has 1 unspecified atom stereocenters. The Morgan fingerprint density at radius 1 is 1.41 bits per heavy atom. The van der Waals surface area contributed by atoms with Gasteiger partial charge in [0.1, 0.15) is 0 Å². The first-order valence-corrected chi connectivity index (χ1v) is 6.64. The SMILES string of the molecule is Fc1cnc2c(cnn2C2CCCCO2)c1I. The number of halogens is 2. The number of fused-ring (bicyclic) bond motifs is 1. The third-order valence-electron chi connectivity index (χ3n) is 2.94. The summed E-state index contributed by atoms with van der Waals surface area (Å²) in [5.41, 5.74) is 0.697. The second-order valence-electron chi connectivity index (χ2n) is 4.07. The summed E-state index contributed by atoms with van der Waals surface area (Å²) in [4.78, 5) is 4.12. The average molecular weight is 347 g/mol. The number of ether oxygens (including phenoxy) is 1. The maximum Gasteiger partial charge on any atom is 0.161 e. The first-order valence-electron chi connectivity index (χ1n) is 5.56. The van der Waals surface area contributed by atoms with Crippen LogP contribution in [-0.2, 0) is 4.74 Å². The van der Waals surface area contributed by atoms with E-state index in [2.05, 4.69) is 10.1 Å². The van der Waals surface area contributed by atoms with E-state index in [1.807, 2.05) is 22.6 Å². The van der Waals surface area contributed by atoms with Gasteiger partial charge < -0.3 is 4.74 Å². The number of pyridine rings is 1. The van der Waals surface area contributed by atoms with Gasteiger partial charge in [-0.2, -0.15) is 5.10 Å². The van der Waals surface area contributed by atoms with Crippen LogP contribution in [0.4, 0.5) is 4.39 Å². The first kappa shape index (κ1) is 11.3. The first-order chi connectivity index (χ1) is 8.27. The second kappa shape index (κ2) is 4.49. The Labute approximate surface area is 111 Å². The van der Waals surface area contributed by atoms with Crippen molar-refractivity contribution in [3.8, 4) is 0 Å². The van der Waals surface area contributed by atoms with E-state index < -0.39 is 0 Å². The van der Waals surface area contributed by atoms with Gasteiger partial charge in [0.05, 0.1) is 21.4 Å². The maximum atomic E-state index is 13.4. The molecule has 0 aromatic carbocycles. The van der Waals surface area contributed by atoms with Gasteiger partial charge in [-0.25, -0.2) is 14.1 Å². The van der Waals surface area contributed by atoms with Gasteiger partial charge in [-0.05, 0) is 41.9 Å². The lowest BCUT2D eigenvalue weighted by atomic mass is 10.2. The van der Waals surface area contributed by atoms with Crippen LogP contribution in [0, 0.1) is 9.39 Å². The summed E-state index contributed by atoms with van der Waals surface area (Å²) in [6, 6.07) is 0. The summed E-state index contributed by atoms with van der Waals surface area (Å²) >= 11 is 1.98. The van der Waals surface area contributed by atoms with Crippen molar-refractivity contribution < 1.29 is 9.13 Å². The minimum Gasteiger partial charge on any atom is -0.356 e. The number of hydrogen-bond donors (Lipinski definition) is 0. The highest BCUT2D eigenvalue weighted by Crippen LogP contribution is 2.27. The molecule has 3 rings (SSSR count). The summed E-state index contributed by atoms with van der Waals surface area (Å²) in [5, 5.41) is 5.03. The molecule has 0 aliphatic carbocycles. The van der Waals surface area contributed by atoms with Crippen LogP contribution >= 0.6 is 22.6 Å². The number of hydrogen-bond acceptors (Lipinski definition) is 3. The lowest BCUT2D eigenvalue weighted by Crippen LogP contribution is -2.19. The summed E-state index contributed by atoms with van der Waals surface area (Å²) < 4.78 is 21.4. The summed E-state index contributed by atoms with van der Waals surface area (Å²) in [6.07, 6.45) is 6.00. The van der Waals surface area contributed by atoms with Gasteiger partial charge in [-0.3, -0.25) is 0 Å². The number of rotatable bonds is 1. The fourth-order valence-electron chi connectivity index (χ4n) is 2.07. The van der Waals surface area contributed by atoms with Crippen molar-refractivity contribution in [3.63, 3.8) is 0 Å². The molecule has 1 aliphatic rings. The smallest absolute Gasteiger partial charge is 0.161 e. The van der Waals surface area contributed by atoms with Gasteiger partial charge in [-0.1, -0.05) is 0 Å². The second-order valence-corrected chi connectivity index (χ2v) is 5.15. The van der Waals surface area contributed by atoms with E-state index in [1.54, 1.807) is 10.9 Å². The van der Waals surface area contributed by atoms with E-state index in [0.717, 1.165) is 31.3 Å². The van der Waals surface area contributed by atoms with E-state index in [-0.39, 0.29) is 12.0 Å². The molecular weight excluding hydrogens is 336 g/mol. The van der Waals surface area contributed by atoms with Crippen molar-refractivity contribution in [1.82, 2.24) is 14.8 Å². The normalized spacial score (nSPS) is 20.9. The molecule has 0 N–H and O–H groups in total. The highest BCUT2D eigenvalue weighted by molar-refractivity contribution is 14.1. The predicted molar refractivity (Wildman–Crippen MR) is 69.0 cm³/mol. The Morgan fingerprint density at radius 3 is 3.06 bits per heavy atom. The molecule has 0 spiro atoms.